The highest BCUT2D eigenvalue weighted by Gasteiger charge is 2.40. The van der Waals surface area contributed by atoms with Crippen molar-refractivity contribution >= 4 is 21.2 Å². The molecule has 25 heavy (non-hydrogen) atoms. The van der Waals surface area contributed by atoms with Gasteiger partial charge in [-0.1, -0.05) is 48.5 Å². The molecule has 1 N–H and O–H groups in total. The van der Waals surface area contributed by atoms with E-state index in [1.54, 1.807) is 57.2 Å². The molecule has 4 nitrogen and oxygen atoms in total. The highest BCUT2D eigenvalue weighted by molar-refractivity contribution is 7.92. The predicted molar refractivity (Wildman–Crippen MR) is 98.7 cm³/mol. The number of benzene rings is 2. The lowest BCUT2D eigenvalue weighted by Crippen LogP contribution is -2.45. The van der Waals surface area contributed by atoms with Crippen LogP contribution < -0.4 is 4.72 Å². The smallest absolute Gasteiger partial charge is 0.228 e. The van der Waals surface area contributed by atoms with Gasteiger partial charge in [0.25, 0.3) is 0 Å². The number of alkyl halides is 1. The van der Waals surface area contributed by atoms with E-state index in [0.29, 0.717) is 5.56 Å². The zero-order valence-corrected chi connectivity index (χ0v) is 16.0. The summed E-state index contributed by atoms with van der Waals surface area (Å²) in [5, 5.41) is 0. The van der Waals surface area contributed by atoms with Crippen molar-refractivity contribution in [1.29, 1.82) is 0 Å². The summed E-state index contributed by atoms with van der Waals surface area (Å²) in [5.74, 6) is 0. The van der Waals surface area contributed by atoms with Gasteiger partial charge in [0.2, 0.25) is 15.3 Å². The van der Waals surface area contributed by atoms with E-state index < -0.39 is 37.5 Å². The Labute approximate surface area is 151 Å². The van der Waals surface area contributed by atoms with Crippen LogP contribution in [0.2, 0.25) is 0 Å². The molecular formula is C18H22FNO3S2. The highest BCUT2D eigenvalue weighted by Crippen LogP contribution is 2.30. The van der Waals surface area contributed by atoms with Crippen molar-refractivity contribution in [1.82, 2.24) is 4.72 Å². The topological polar surface area (TPSA) is 69.2 Å². The predicted octanol–water partition coefficient (Wildman–Crippen LogP) is 3.55. The standard InChI is InChI=1S/C18H22FNO3S2/c1-18(2,3)24(21)20-16(14-10-6-4-7-11-14)17(19)25(22,23)15-12-8-5-9-13-15/h4-13,16-17,20H,1-3H3/t16-,17?,24?/m0/s1. The number of rotatable bonds is 6. The van der Waals surface area contributed by atoms with Gasteiger partial charge in [-0.25, -0.2) is 12.8 Å². The van der Waals surface area contributed by atoms with Crippen molar-refractivity contribution in [3.05, 3.63) is 66.2 Å². The van der Waals surface area contributed by atoms with Crippen LogP contribution in [-0.4, -0.2) is 23.2 Å². The summed E-state index contributed by atoms with van der Waals surface area (Å²) in [5.41, 5.74) is -1.85. The Morgan fingerprint density at radius 2 is 1.48 bits per heavy atom. The van der Waals surface area contributed by atoms with Gasteiger partial charge in [-0.2, -0.15) is 0 Å². The lowest BCUT2D eigenvalue weighted by Gasteiger charge is -2.29. The van der Waals surface area contributed by atoms with Crippen LogP contribution >= 0.6 is 0 Å². The first-order valence-corrected chi connectivity index (χ1v) is 10.5. The minimum Gasteiger partial charge on any atom is -0.598 e. The largest absolute Gasteiger partial charge is 0.598 e. The Balaban J connectivity index is 2.41. The summed E-state index contributed by atoms with van der Waals surface area (Å²) in [7, 11) is -4.24. The molecule has 2 aromatic rings. The lowest BCUT2D eigenvalue weighted by atomic mass is 10.1. The van der Waals surface area contributed by atoms with Crippen LogP contribution in [-0.2, 0) is 21.2 Å². The SMILES string of the molecule is CC(C)(C)[S+]([O-])N[C@@H](c1ccccc1)C(F)S(=O)(=O)c1ccccc1. The number of hydrogen-bond donors (Lipinski definition) is 1. The number of halogens is 1. The molecule has 0 spiro atoms. The summed E-state index contributed by atoms with van der Waals surface area (Å²) >= 11 is -1.63. The van der Waals surface area contributed by atoms with Gasteiger partial charge in [-0.15, -0.1) is 4.72 Å². The van der Waals surface area contributed by atoms with E-state index in [1.165, 1.54) is 24.3 Å². The van der Waals surface area contributed by atoms with Gasteiger partial charge in [0.1, 0.15) is 10.8 Å². The van der Waals surface area contributed by atoms with E-state index in [0.717, 1.165) is 0 Å². The van der Waals surface area contributed by atoms with E-state index in [-0.39, 0.29) is 4.90 Å². The van der Waals surface area contributed by atoms with E-state index in [9.17, 15) is 13.0 Å². The van der Waals surface area contributed by atoms with Crippen LogP contribution in [0, 0.1) is 0 Å². The van der Waals surface area contributed by atoms with Crippen LogP contribution in [0.5, 0.6) is 0 Å². The van der Waals surface area contributed by atoms with Crippen molar-refractivity contribution in [2.45, 2.75) is 42.0 Å². The first kappa shape index (κ1) is 19.9. The fourth-order valence-corrected chi connectivity index (χ4v) is 4.45. The van der Waals surface area contributed by atoms with Crippen LogP contribution in [0.3, 0.4) is 0 Å². The Kier molecular flexibility index (Phi) is 6.26. The fourth-order valence-electron chi connectivity index (χ4n) is 2.14. The molecule has 0 aliphatic heterocycles. The third-order valence-electron chi connectivity index (χ3n) is 3.58. The highest BCUT2D eigenvalue weighted by atomic mass is 32.2. The molecule has 0 saturated heterocycles. The third kappa shape index (κ3) is 4.82. The Morgan fingerprint density at radius 1 is 1.00 bits per heavy atom. The number of sulfone groups is 1. The molecule has 0 bridgehead atoms. The summed E-state index contributed by atoms with van der Waals surface area (Å²) in [4.78, 5) is -0.105. The molecule has 0 heterocycles. The maximum absolute atomic E-state index is 15.2. The first-order valence-electron chi connectivity index (χ1n) is 7.80. The van der Waals surface area contributed by atoms with Gasteiger partial charge in [0.05, 0.1) is 4.90 Å². The summed E-state index contributed by atoms with van der Waals surface area (Å²) in [6.07, 6.45) is 0. The van der Waals surface area contributed by atoms with Crippen molar-refractivity contribution in [3.63, 3.8) is 0 Å². The van der Waals surface area contributed by atoms with Crippen LogP contribution in [0.15, 0.2) is 65.6 Å². The quantitative estimate of drug-likeness (QED) is 0.775. The van der Waals surface area contributed by atoms with E-state index >= 15 is 4.39 Å². The van der Waals surface area contributed by atoms with Gasteiger partial charge in [-0.05, 0) is 38.5 Å². The molecule has 0 radical (unpaired) electrons. The lowest BCUT2D eigenvalue weighted by molar-refractivity contribution is 0.349. The first-order chi connectivity index (χ1) is 11.6. The Morgan fingerprint density at radius 3 is 1.96 bits per heavy atom. The molecule has 0 fully saturated rings. The van der Waals surface area contributed by atoms with E-state index in [4.69, 9.17) is 0 Å². The van der Waals surface area contributed by atoms with E-state index in [1.807, 2.05) is 0 Å². The summed E-state index contributed by atoms with van der Waals surface area (Å²) < 4.78 is 55.0. The fraction of sp³-hybridized carbons (Fsp3) is 0.333. The van der Waals surface area contributed by atoms with Crippen LogP contribution in [0.1, 0.15) is 32.4 Å². The molecule has 0 aliphatic rings. The molecular weight excluding hydrogens is 361 g/mol. The van der Waals surface area contributed by atoms with Gasteiger partial charge in [0.15, 0.2) is 0 Å². The molecule has 2 rings (SSSR count). The average molecular weight is 384 g/mol. The third-order valence-corrected chi connectivity index (χ3v) is 6.95. The normalized spacial score (nSPS) is 16.2. The van der Waals surface area contributed by atoms with Crippen LogP contribution in [0.25, 0.3) is 0 Å². The second-order valence-electron chi connectivity index (χ2n) is 6.60. The van der Waals surface area contributed by atoms with E-state index in [2.05, 4.69) is 4.72 Å². The van der Waals surface area contributed by atoms with Gasteiger partial charge in [-0.3, -0.25) is 0 Å². The summed E-state index contributed by atoms with van der Waals surface area (Å²) in [6.45, 7) is 5.20. The molecule has 136 valence electrons. The van der Waals surface area contributed by atoms with Gasteiger partial charge in [0, 0.05) is 11.4 Å². The zero-order chi connectivity index (χ0) is 18.7. The summed E-state index contributed by atoms with van der Waals surface area (Å²) in [6, 6.07) is 14.6. The second kappa shape index (κ2) is 7.86. The molecule has 0 amide bonds. The molecule has 2 unspecified atom stereocenters. The van der Waals surface area contributed by atoms with Crippen molar-refractivity contribution < 1.29 is 17.4 Å². The maximum atomic E-state index is 15.2. The molecule has 0 aliphatic carbocycles. The Bertz CT molecular complexity index is 777. The molecule has 3 atom stereocenters. The molecule has 2 aromatic carbocycles. The molecule has 0 aromatic heterocycles. The number of hydrogen-bond acceptors (Lipinski definition) is 4. The average Bonchev–Trinajstić information content (AvgIpc) is 2.59. The van der Waals surface area contributed by atoms with Crippen molar-refractivity contribution in [2.75, 3.05) is 0 Å². The maximum Gasteiger partial charge on any atom is 0.228 e. The molecule has 0 saturated carbocycles. The van der Waals surface area contributed by atoms with Crippen LogP contribution in [0.4, 0.5) is 4.39 Å². The van der Waals surface area contributed by atoms with Gasteiger partial charge >= 0.3 is 0 Å². The van der Waals surface area contributed by atoms with Crippen molar-refractivity contribution in [3.8, 4) is 0 Å². The Hall–Kier alpha value is -1.41. The zero-order valence-electron chi connectivity index (χ0n) is 14.3. The minimum absolute atomic E-state index is 0.105. The second-order valence-corrected chi connectivity index (χ2v) is 10.6. The van der Waals surface area contributed by atoms with Crippen molar-refractivity contribution in [2.24, 2.45) is 0 Å². The molecule has 7 heteroatoms. The number of nitrogens with one attached hydrogen (secondary N) is 1. The van der Waals surface area contributed by atoms with Gasteiger partial charge < -0.3 is 4.55 Å². The monoisotopic (exact) mass is 383 g/mol. The minimum atomic E-state index is -4.24.